The molecule has 7 rings (SSSR count). The maximum absolute atomic E-state index is 13.2. The number of nitrogens with zero attached hydrogens (tertiary/aromatic N) is 8. The lowest BCUT2D eigenvalue weighted by Gasteiger charge is -2.32. The summed E-state index contributed by atoms with van der Waals surface area (Å²) in [5.74, 6) is 1.60. The molecule has 3 fully saturated rings. The smallest absolute Gasteiger partial charge is 0.253 e. The van der Waals surface area contributed by atoms with Gasteiger partial charge in [0.05, 0.1) is 6.33 Å². The Bertz CT molecular complexity index is 1660. The standard InChI is InChI=1S/C35H43N9O2/c1-40-18-20-43(21-19-40)35(46)28-11-9-27(10-12-28)32-38-33(37-29-13-16-41(17-14-29)24-26-6-3-2-4-7-26)31-34(39-32)44(25-36-31)23-22-42-15-5-8-30(42)45/h2-4,6-7,9-12,25,29H,5,8,13-24H2,1H3,(H,37,38,39). The molecule has 11 nitrogen and oxygen atoms in total. The zero-order valence-electron chi connectivity index (χ0n) is 26.6. The highest BCUT2D eigenvalue weighted by Crippen LogP contribution is 2.27. The molecule has 0 radical (unpaired) electrons. The van der Waals surface area contributed by atoms with Crippen molar-refractivity contribution in [2.24, 2.45) is 0 Å². The van der Waals surface area contributed by atoms with Crippen molar-refractivity contribution in [3.63, 3.8) is 0 Å². The van der Waals surface area contributed by atoms with Crippen LogP contribution in [-0.2, 0) is 17.9 Å². The molecule has 5 heterocycles. The zero-order chi connectivity index (χ0) is 31.5. The van der Waals surface area contributed by atoms with Crippen molar-refractivity contribution < 1.29 is 9.59 Å². The largest absolute Gasteiger partial charge is 0.365 e. The molecule has 2 aromatic carbocycles. The second-order valence-electron chi connectivity index (χ2n) is 12.8. The second-order valence-corrected chi connectivity index (χ2v) is 12.8. The van der Waals surface area contributed by atoms with Crippen LogP contribution in [0.25, 0.3) is 22.6 Å². The number of rotatable bonds is 9. The summed E-state index contributed by atoms with van der Waals surface area (Å²) in [5.41, 5.74) is 4.35. The number of carbonyl (C=O) groups is 2. The second kappa shape index (κ2) is 13.6. The summed E-state index contributed by atoms with van der Waals surface area (Å²) in [7, 11) is 2.09. The number of amides is 2. The topological polar surface area (TPSA) is 103 Å². The van der Waals surface area contributed by atoms with Crippen molar-refractivity contribution >= 4 is 28.8 Å². The minimum Gasteiger partial charge on any atom is -0.365 e. The molecule has 2 amide bonds. The van der Waals surface area contributed by atoms with Crippen molar-refractivity contribution in [2.75, 3.05) is 64.7 Å². The van der Waals surface area contributed by atoms with Crippen LogP contribution in [0.1, 0.15) is 41.6 Å². The summed E-state index contributed by atoms with van der Waals surface area (Å²) >= 11 is 0. The fourth-order valence-electron chi connectivity index (χ4n) is 6.73. The van der Waals surface area contributed by atoms with E-state index in [0.29, 0.717) is 30.9 Å². The number of piperazine rings is 1. The van der Waals surface area contributed by atoms with Crippen LogP contribution in [0.3, 0.4) is 0 Å². The van der Waals surface area contributed by atoms with E-state index in [2.05, 4.69) is 52.5 Å². The van der Waals surface area contributed by atoms with Gasteiger partial charge in [0, 0.05) is 89.0 Å². The number of hydrogen-bond acceptors (Lipinski definition) is 8. The minimum absolute atomic E-state index is 0.0616. The predicted molar refractivity (Wildman–Crippen MR) is 178 cm³/mol. The van der Waals surface area contributed by atoms with E-state index in [1.165, 1.54) is 5.56 Å². The summed E-state index contributed by atoms with van der Waals surface area (Å²) in [4.78, 5) is 48.8. The first kappa shape index (κ1) is 30.3. The quantitative estimate of drug-likeness (QED) is 0.303. The third kappa shape index (κ3) is 6.75. The molecule has 0 saturated carbocycles. The lowest BCUT2D eigenvalue weighted by atomic mass is 10.0. The summed E-state index contributed by atoms with van der Waals surface area (Å²) in [6.45, 7) is 8.30. The Morgan fingerprint density at radius 1 is 0.891 bits per heavy atom. The summed E-state index contributed by atoms with van der Waals surface area (Å²) < 4.78 is 2.03. The Morgan fingerprint density at radius 2 is 1.65 bits per heavy atom. The lowest BCUT2D eigenvalue weighted by molar-refractivity contribution is -0.127. The minimum atomic E-state index is 0.0616. The molecule has 3 aliphatic heterocycles. The van der Waals surface area contributed by atoms with Crippen LogP contribution >= 0.6 is 0 Å². The maximum Gasteiger partial charge on any atom is 0.253 e. The van der Waals surface area contributed by atoms with Crippen LogP contribution in [0.5, 0.6) is 0 Å². The SMILES string of the molecule is CN1CCN(C(=O)c2ccc(-c3nc(NC4CCN(Cc5ccccc5)CC4)c4ncn(CCN5CCCC5=O)c4n3)cc2)CC1. The summed E-state index contributed by atoms with van der Waals surface area (Å²) in [5, 5.41) is 3.73. The van der Waals surface area contributed by atoms with E-state index in [1.54, 1.807) is 0 Å². The fourth-order valence-corrected chi connectivity index (χ4v) is 6.73. The molecule has 2 aromatic heterocycles. The van der Waals surface area contributed by atoms with Crippen LogP contribution in [0.15, 0.2) is 60.9 Å². The Morgan fingerprint density at radius 3 is 2.37 bits per heavy atom. The number of carbonyl (C=O) groups excluding carboxylic acids is 2. The normalized spacial score (nSPS) is 18.5. The molecular formula is C35H43N9O2. The molecule has 0 unspecified atom stereocenters. The van der Waals surface area contributed by atoms with E-state index < -0.39 is 0 Å². The van der Waals surface area contributed by atoms with Crippen molar-refractivity contribution in [3.05, 3.63) is 72.1 Å². The molecule has 3 saturated heterocycles. The van der Waals surface area contributed by atoms with Crippen LogP contribution in [0.4, 0.5) is 5.82 Å². The van der Waals surface area contributed by atoms with Gasteiger partial charge in [-0.3, -0.25) is 14.5 Å². The molecule has 4 aromatic rings. The van der Waals surface area contributed by atoms with Gasteiger partial charge in [0.1, 0.15) is 5.52 Å². The molecule has 0 bridgehead atoms. The first-order valence-electron chi connectivity index (χ1n) is 16.6. The lowest BCUT2D eigenvalue weighted by Crippen LogP contribution is -2.47. The van der Waals surface area contributed by atoms with Gasteiger partial charge in [-0.2, -0.15) is 0 Å². The summed E-state index contributed by atoms with van der Waals surface area (Å²) in [6.07, 6.45) is 5.38. The van der Waals surface area contributed by atoms with E-state index in [0.717, 1.165) is 94.2 Å². The predicted octanol–water partition coefficient (Wildman–Crippen LogP) is 3.58. The van der Waals surface area contributed by atoms with E-state index in [4.69, 9.17) is 15.0 Å². The highest BCUT2D eigenvalue weighted by Gasteiger charge is 2.25. The van der Waals surface area contributed by atoms with E-state index in [-0.39, 0.29) is 17.9 Å². The Balaban J connectivity index is 1.11. The molecule has 0 spiro atoms. The number of imidazole rings is 1. The molecule has 1 N–H and O–H groups in total. The Hall–Kier alpha value is -4.35. The van der Waals surface area contributed by atoms with Crippen LogP contribution < -0.4 is 5.32 Å². The van der Waals surface area contributed by atoms with Crippen LogP contribution in [0, 0.1) is 0 Å². The highest BCUT2D eigenvalue weighted by molar-refractivity contribution is 5.95. The maximum atomic E-state index is 13.2. The van der Waals surface area contributed by atoms with E-state index in [9.17, 15) is 9.59 Å². The zero-order valence-corrected chi connectivity index (χ0v) is 26.6. The number of hydrogen-bond donors (Lipinski definition) is 1. The first-order valence-corrected chi connectivity index (χ1v) is 16.6. The van der Waals surface area contributed by atoms with Gasteiger partial charge in [0.15, 0.2) is 17.3 Å². The molecular weight excluding hydrogens is 578 g/mol. The average molecular weight is 622 g/mol. The number of nitrogens with one attached hydrogen (secondary N) is 1. The number of fused-ring (bicyclic) bond motifs is 1. The molecule has 240 valence electrons. The summed E-state index contributed by atoms with van der Waals surface area (Å²) in [6, 6.07) is 18.6. The molecule has 0 aliphatic carbocycles. The Kier molecular flexibility index (Phi) is 8.94. The highest BCUT2D eigenvalue weighted by atomic mass is 16.2. The van der Waals surface area contributed by atoms with Crippen LogP contribution in [0.2, 0.25) is 0 Å². The first-order chi connectivity index (χ1) is 22.5. The third-order valence-electron chi connectivity index (χ3n) is 9.60. The van der Waals surface area contributed by atoms with Crippen LogP contribution in [-0.4, -0.2) is 116 Å². The van der Waals surface area contributed by atoms with E-state index >= 15 is 0 Å². The van der Waals surface area contributed by atoms with Crippen molar-refractivity contribution in [1.82, 2.24) is 39.1 Å². The fraction of sp³-hybridized carbons (Fsp3) is 0.457. The van der Waals surface area contributed by atoms with Gasteiger partial charge < -0.3 is 24.6 Å². The average Bonchev–Trinajstić information content (AvgIpc) is 3.70. The van der Waals surface area contributed by atoms with E-state index in [1.807, 2.05) is 45.0 Å². The van der Waals surface area contributed by atoms with Crippen molar-refractivity contribution in [3.8, 4) is 11.4 Å². The van der Waals surface area contributed by atoms with Gasteiger partial charge in [0.2, 0.25) is 5.91 Å². The third-order valence-corrected chi connectivity index (χ3v) is 9.60. The number of anilines is 1. The number of likely N-dealkylation sites (tertiary alicyclic amines) is 2. The number of benzene rings is 2. The monoisotopic (exact) mass is 621 g/mol. The number of aromatic nitrogens is 4. The van der Waals surface area contributed by atoms with Gasteiger partial charge in [-0.05, 0) is 44.0 Å². The molecule has 46 heavy (non-hydrogen) atoms. The molecule has 11 heteroatoms. The van der Waals surface area contributed by atoms with Gasteiger partial charge in [-0.1, -0.05) is 42.5 Å². The Labute approximate surface area is 270 Å². The van der Waals surface area contributed by atoms with Gasteiger partial charge in [-0.25, -0.2) is 15.0 Å². The van der Waals surface area contributed by atoms with Crippen molar-refractivity contribution in [1.29, 1.82) is 0 Å². The molecule has 3 aliphatic rings. The van der Waals surface area contributed by atoms with Gasteiger partial charge in [-0.15, -0.1) is 0 Å². The number of likely N-dealkylation sites (N-methyl/N-ethyl adjacent to an activating group) is 1. The van der Waals surface area contributed by atoms with Gasteiger partial charge in [0.25, 0.3) is 5.91 Å². The van der Waals surface area contributed by atoms with Crippen molar-refractivity contribution in [2.45, 2.75) is 44.8 Å². The number of piperidine rings is 1. The molecule has 0 atom stereocenters. The van der Waals surface area contributed by atoms with Gasteiger partial charge >= 0.3 is 0 Å².